The average molecular weight is 523 g/mol. The van der Waals surface area contributed by atoms with Crippen molar-refractivity contribution in [3.05, 3.63) is 77.5 Å². The van der Waals surface area contributed by atoms with Crippen LogP contribution in [0.25, 0.3) is 16.3 Å². The number of tetrazole rings is 1. The molecule has 1 N–H and O–H groups in total. The highest BCUT2D eigenvalue weighted by Gasteiger charge is 2.40. The smallest absolute Gasteiger partial charge is 0.327 e. The van der Waals surface area contributed by atoms with Crippen molar-refractivity contribution in [3.8, 4) is 16.5 Å². The zero-order valence-electron chi connectivity index (χ0n) is 19.3. The van der Waals surface area contributed by atoms with Crippen LogP contribution in [0.3, 0.4) is 0 Å². The van der Waals surface area contributed by atoms with Crippen LogP contribution in [0.15, 0.2) is 54.7 Å². The van der Waals surface area contributed by atoms with Gasteiger partial charge in [0, 0.05) is 37.1 Å². The summed E-state index contributed by atoms with van der Waals surface area (Å²) in [4.78, 5) is 19.2. The predicted octanol–water partition coefficient (Wildman–Crippen LogP) is 4.02. The summed E-state index contributed by atoms with van der Waals surface area (Å²) < 4.78 is 35.3. The molecule has 0 amide bonds. The Morgan fingerprint density at radius 1 is 1.11 bits per heavy atom. The predicted molar refractivity (Wildman–Crippen MR) is 131 cm³/mol. The number of ether oxygens (including phenoxy) is 1. The zero-order chi connectivity index (χ0) is 25.6. The molecular weight excluding hydrogens is 502 g/mol. The van der Waals surface area contributed by atoms with E-state index in [1.807, 2.05) is 30.3 Å². The first-order valence-electron chi connectivity index (χ1n) is 11.6. The molecule has 0 saturated carbocycles. The third-order valence-corrected chi connectivity index (χ3v) is 7.52. The first-order chi connectivity index (χ1) is 17.9. The number of carboxylic acid groups (broad SMARTS) is 1. The molecule has 4 aromatic rings. The Kier molecular flexibility index (Phi) is 5.67. The molecule has 9 nitrogen and oxygen atoms in total. The van der Waals surface area contributed by atoms with Gasteiger partial charge in [0.15, 0.2) is 23.3 Å². The molecule has 2 aromatic heterocycles. The van der Waals surface area contributed by atoms with Gasteiger partial charge in [-0.2, -0.15) is 4.80 Å². The summed E-state index contributed by atoms with van der Waals surface area (Å²) >= 11 is 1.39. The molecule has 2 aliphatic heterocycles. The molecule has 2 aromatic carbocycles. The molecule has 1 saturated heterocycles. The molecule has 2 aliphatic rings. The highest BCUT2D eigenvalue weighted by Crippen LogP contribution is 2.44. The quantitative estimate of drug-likeness (QED) is 0.419. The van der Waals surface area contributed by atoms with E-state index in [0.717, 1.165) is 21.6 Å². The lowest BCUT2D eigenvalue weighted by Crippen LogP contribution is -2.48. The fourth-order valence-electron chi connectivity index (χ4n) is 4.67. The van der Waals surface area contributed by atoms with Crippen LogP contribution in [0.1, 0.15) is 24.0 Å². The second-order valence-corrected chi connectivity index (χ2v) is 9.86. The fourth-order valence-corrected chi connectivity index (χ4v) is 5.56. The molecule has 1 fully saturated rings. The van der Waals surface area contributed by atoms with Crippen molar-refractivity contribution in [2.75, 3.05) is 18.0 Å². The van der Waals surface area contributed by atoms with E-state index in [1.165, 1.54) is 17.4 Å². The molecule has 4 heterocycles. The van der Waals surface area contributed by atoms with Crippen LogP contribution in [-0.4, -0.2) is 55.0 Å². The van der Waals surface area contributed by atoms with E-state index < -0.39 is 23.2 Å². The van der Waals surface area contributed by atoms with E-state index in [1.54, 1.807) is 12.3 Å². The van der Waals surface area contributed by atoms with Gasteiger partial charge in [-0.15, -0.1) is 10.2 Å². The van der Waals surface area contributed by atoms with E-state index >= 15 is 0 Å². The standard InChI is InChI=1S/C25H20F2N6O3S/c26-18-6-3-5-16(22(18)27)17-12-25(36-19-7-2-1-4-15(17)19)8-10-32(11-9-25)24-28-13-20(37-24)23-29-31-33(30-23)14-21(34)35/h1-7,12-13H,8-11,14H2,(H,34,35). The Hall–Kier alpha value is -4.19. The molecule has 37 heavy (non-hydrogen) atoms. The van der Waals surface area contributed by atoms with E-state index in [9.17, 15) is 13.6 Å². The Labute approximate surface area is 213 Å². The monoisotopic (exact) mass is 522 g/mol. The van der Waals surface area contributed by atoms with E-state index in [0.29, 0.717) is 48.0 Å². The van der Waals surface area contributed by atoms with Gasteiger partial charge >= 0.3 is 5.97 Å². The van der Waals surface area contributed by atoms with Gasteiger partial charge in [-0.3, -0.25) is 4.79 Å². The van der Waals surface area contributed by atoms with Crippen molar-refractivity contribution in [3.63, 3.8) is 0 Å². The van der Waals surface area contributed by atoms with Crippen molar-refractivity contribution in [2.24, 2.45) is 0 Å². The number of rotatable bonds is 5. The number of carboxylic acids is 1. The molecule has 6 rings (SSSR count). The molecule has 1 spiro atoms. The maximum Gasteiger partial charge on any atom is 0.327 e. The van der Waals surface area contributed by atoms with Crippen LogP contribution in [0.5, 0.6) is 5.75 Å². The lowest BCUT2D eigenvalue weighted by molar-refractivity contribution is -0.138. The number of halogens is 2. The first kappa shape index (κ1) is 23.2. The number of para-hydroxylation sites is 1. The van der Waals surface area contributed by atoms with Crippen LogP contribution >= 0.6 is 11.3 Å². The fraction of sp³-hybridized carbons (Fsp3) is 0.240. The largest absolute Gasteiger partial charge is 0.482 e. The number of fused-ring (bicyclic) bond motifs is 1. The molecular formula is C25H20F2N6O3S. The van der Waals surface area contributed by atoms with Gasteiger partial charge in [-0.1, -0.05) is 41.7 Å². The molecule has 188 valence electrons. The molecule has 0 atom stereocenters. The minimum atomic E-state index is -1.05. The van der Waals surface area contributed by atoms with Crippen molar-refractivity contribution in [1.82, 2.24) is 25.2 Å². The normalized spacial score (nSPS) is 16.3. The third kappa shape index (κ3) is 4.33. The lowest BCUT2D eigenvalue weighted by Gasteiger charge is -2.43. The SMILES string of the molecule is O=C(O)Cn1nnc(-c2cnc(N3CCC4(C=C(c5cccc(F)c5F)c5ccccc5O4)CC3)s2)n1. The Balaban J connectivity index is 1.24. The van der Waals surface area contributed by atoms with Crippen LogP contribution in [0.2, 0.25) is 0 Å². The highest BCUT2D eigenvalue weighted by molar-refractivity contribution is 7.18. The van der Waals surface area contributed by atoms with Gasteiger partial charge in [0.2, 0.25) is 5.82 Å². The average Bonchev–Trinajstić information content (AvgIpc) is 3.55. The van der Waals surface area contributed by atoms with Gasteiger partial charge in [-0.25, -0.2) is 13.8 Å². The number of thiazole rings is 1. The van der Waals surface area contributed by atoms with Crippen molar-refractivity contribution in [2.45, 2.75) is 25.0 Å². The summed E-state index contributed by atoms with van der Waals surface area (Å²) in [5.41, 5.74) is 0.901. The number of anilines is 1. The third-order valence-electron chi connectivity index (χ3n) is 6.46. The number of nitrogens with zero attached hydrogens (tertiary/aromatic N) is 6. The Morgan fingerprint density at radius 3 is 2.70 bits per heavy atom. The Morgan fingerprint density at radius 2 is 1.89 bits per heavy atom. The maximum absolute atomic E-state index is 14.8. The minimum absolute atomic E-state index is 0.213. The number of benzene rings is 2. The maximum atomic E-state index is 14.8. The molecule has 0 unspecified atom stereocenters. The van der Waals surface area contributed by atoms with Gasteiger partial charge < -0.3 is 14.7 Å². The highest BCUT2D eigenvalue weighted by atomic mass is 32.1. The molecule has 0 aliphatic carbocycles. The number of hydrogen-bond acceptors (Lipinski definition) is 8. The summed E-state index contributed by atoms with van der Waals surface area (Å²) in [7, 11) is 0. The summed E-state index contributed by atoms with van der Waals surface area (Å²) in [6.45, 7) is 0.887. The summed E-state index contributed by atoms with van der Waals surface area (Å²) in [5.74, 6) is -1.86. The van der Waals surface area contributed by atoms with E-state index in [-0.39, 0.29) is 12.1 Å². The summed E-state index contributed by atoms with van der Waals surface area (Å²) in [6.07, 6.45) is 4.81. The van der Waals surface area contributed by atoms with Gasteiger partial charge in [0.1, 0.15) is 11.4 Å². The van der Waals surface area contributed by atoms with Crippen molar-refractivity contribution in [1.29, 1.82) is 0 Å². The van der Waals surface area contributed by atoms with Crippen LogP contribution in [-0.2, 0) is 11.3 Å². The topological polar surface area (TPSA) is 106 Å². The number of hydrogen-bond donors (Lipinski definition) is 1. The number of piperidine rings is 1. The summed E-state index contributed by atoms with van der Waals surface area (Å²) in [5, 5.41) is 21.5. The van der Waals surface area contributed by atoms with E-state index in [2.05, 4.69) is 25.3 Å². The summed E-state index contributed by atoms with van der Waals surface area (Å²) in [6, 6.07) is 11.6. The second kappa shape index (κ2) is 9.04. The van der Waals surface area contributed by atoms with Crippen LogP contribution in [0, 0.1) is 11.6 Å². The van der Waals surface area contributed by atoms with Crippen molar-refractivity contribution < 1.29 is 23.4 Å². The number of aromatic nitrogens is 5. The van der Waals surface area contributed by atoms with Crippen molar-refractivity contribution >= 4 is 28.0 Å². The number of carbonyl (C=O) groups is 1. The Bertz CT molecular complexity index is 1530. The van der Waals surface area contributed by atoms with Crippen LogP contribution < -0.4 is 9.64 Å². The number of aliphatic carboxylic acids is 1. The van der Waals surface area contributed by atoms with Gasteiger partial charge in [0.25, 0.3) is 0 Å². The first-order valence-corrected chi connectivity index (χ1v) is 12.4. The molecule has 0 radical (unpaired) electrons. The van der Waals surface area contributed by atoms with Crippen LogP contribution in [0.4, 0.5) is 13.9 Å². The minimum Gasteiger partial charge on any atom is -0.482 e. The van der Waals surface area contributed by atoms with Gasteiger partial charge in [-0.05, 0) is 29.0 Å². The second-order valence-electron chi connectivity index (χ2n) is 8.85. The van der Waals surface area contributed by atoms with Gasteiger partial charge in [0.05, 0.1) is 11.1 Å². The molecule has 0 bridgehead atoms. The van der Waals surface area contributed by atoms with E-state index in [4.69, 9.17) is 9.84 Å². The molecule has 12 heteroatoms. The zero-order valence-corrected chi connectivity index (χ0v) is 20.2. The lowest BCUT2D eigenvalue weighted by atomic mass is 9.83.